The molecule has 0 radical (unpaired) electrons. The molecule has 6 nitrogen and oxygen atoms in total. The number of nitrogens with zero attached hydrogens (tertiary/aromatic N) is 5. The van der Waals surface area contributed by atoms with Gasteiger partial charge < -0.3 is 9.67 Å². The van der Waals surface area contributed by atoms with Crippen LogP contribution in [0.2, 0.25) is 0 Å². The quantitative estimate of drug-likeness (QED) is 0.500. The number of rotatable bonds is 13. The molecule has 29 heavy (non-hydrogen) atoms. The highest BCUT2D eigenvalue weighted by atomic mass is 32.2. The predicted octanol–water partition coefficient (Wildman–Crippen LogP) is 3.68. The second-order valence-electron chi connectivity index (χ2n) is 7.88. The minimum Gasteiger partial charge on any atom is -0.391 e. The van der Waals surface area contributed by atoms with Gasteiger partial charge in [-0.05, 0) is 39.5 Å². The van der Waals surface area contributed by atoms with Gasteiger partial charge in [0, 0.05) is 25.4 Å². The highest BCUT2D eigenvalue weighted by molar-refractivity contribution is 7.99. The maximum atomic E-state index is 10.5. The number of aliphatic hydroxyl groups excluding tert-OH is 1. The van der Waals surface area contributed by atoms with Gasteiger partial charge in [0.2, 0.25) is 0 Å². The number of aliphatic hydroxyl groups is 1. The summed E-state index contributed by atoms with van der Waals surface area (Å²) in [6, 6.07) is 10.6. The molecule has 0 bridgehead atoms. The smallest absolute Gasteiger partial charge is 0.191 e. The van der Waals surface area contributed by atoms with E-state index >= 15 is 0 Å². The van der Waals surface area contributed by atoms with Crippen LogP contribution in [0, 0.1) is 0 Å². The van der Waals surface area contributed by atoms with Crippen molar-refractivity contribution in [3.05, 3.63) is 41.7 Å². The SMILES string of the molecule is CCCCn1c(SCC(O)CN(C)Cc2ccccc2)nnc1C(CC)N(C)C. The van der Waals surface area contributed by atoms with Gasteiger partial charge in [0.05, 0.1) is 12.1 Å². The van der Waals surface area contributed by atoms with Crippen molar-refractivity contribution < 1.29 is 5.11 Å². The number of unbranched alkanes of at least 4 members (excludes halogenated alkanes) is 1. The molecule has 0 saturated heterocycles. The number of hydrogen-bond donors (Lipinski definition) is 1. The van der Waals surface area contributed by atoms with Gasteiger partial charge in [0.25, 0.3) is 0 Å². The van der Waals surface area contributed by atoms with Crippen molar-refractivity contribution in [2.24, 2.45) is 0 Å². The Labute approximate surface area is 180 Å². The van der Waals surface area contributed by atoms with Gasteiger partial charge in [-0.2, -0.15) is 0 Å². The predicted molar refractivity (Wildman–Crippen MR) is 121 cm³/mol. The first kappa shape index (κ1) is 23.9. The summed E-state index contributed by atoms with van der Waals surface area (Å²) in [5.74, 6) is 1.64. The normalized spacial score (nSPS) is 13.9. The fourth-order valence-electron chi connectivity index (χ4n) is 3.50. The second-order valence-corrected chi connectivity index (χ2v) is 8.87. The molecule has 2 unspecified atom stereocenters. The lowest BCUT2D eigenvalue weighted by atomic mass is 10.2. The highest BCUT2D eigenvalue weighted by Gasteiger charge is 2.22. The van der Waals surface area contributed by atoms with Crippen LogP contribution in [-0.2, 0) is 13.1 Å². The van der Waals surface area contributed by atoms with E-state index in [9.17, 15) is 5.11 Å². The Morgan fingerprint density at radius 2 is 1.83 bits per heavy atom. The topological polar surface area (TPSA) is 57.4 Å². The summed E-state index contributed by atoms with van der Waals surface area (Å²) >= 11 is 1.61. The molecular formula is C22H37N5OS. The van der Waals surface area contributed by atoms with Crippen LogP contribution in [0.4, 0.5) is 0 Å². The number of aromatic nitrogens is 3. The Bertz CT molecular complexity index is 706. The molecule has 0 fully saturated rings. The lowest BCUT2D eigenvalue weighted by Gasteiger charge is -2.23. The zero-order valence-electron chi connectivity index (χ0n) is 18.6. The molecule has 0 aliphatic rings. The number of likely N-dealkylation sites (N-methyl/N-ethyl adjacent to an activating group) is 1. The van der Waals surface area contributed by atoms with Crippen molar-refractivity contribution in [2.45, 2.75) is 63.5 Å². The maximum absolute atomic E-state index is 10.5. The van der Waals surface area contributed by atoms with E-state index in [0.717, 1.165) is 43.3 Å². The Hall–Kier alpha value is -1.41. The van der Waals surface area contributed by atoms with Gasteiger partial charge in [0.15, 0.2) is 11.0 Å². The zero-order valence-corrected chi connectivity index (χ0v) is 19.4. The lowest BCUT2D eigenvalue weighted by molar-refractivity contribution is 0.142. The summed E-state index contributed by atoms with van der Waals surface area (Å²) in [5, 5.41) is 20.4. The molecule has 0 spiro atoms. The van der Waals surface area contributed by atoms with Crippen LogP contribution in [0.1, 0.15) is 50.5 Å². The van der Waals surface area contributed by atoms with Crippen molar-refractivity contribution in [1.82, 2.24) is 24.6 Å². The molecule has 1 aromatic heterocycles. The van der Waals surface area contributed by atoms with E-state index in [1.54, 1.807) is 11.8 Å². The highest BCUT2D eigenvalue weighted by Crippen LogP contribution is 2.26. The van der Waals surface area contributed by atoms with Crippen LogP contribution in [0.25, 0.3) is 0 Å². The molecule has 0 aliphatic carbocycles. The number of benzene rings is 1. The van der Waals surface area contributed by atoms with E-state index in [1.165, 1.54) is 5.56 Å². The summed E-state index contributed by atoms with van der Waals surface area (Å²) in [6.07, 6.45) is 2.82. The monoisotopic (exact) mass is 419 g/mol. The van der Waals surface area contributed by atoms with E-state index in [4.69, 9.17) is 0 Å². The molecule has 2 rings (SSSR count). The summed E-state index contributed by atoms with van der Waals surface area (Å²) in [7, 11) is 6.23. The fraction of sp³-hybridized carbons (Fsp3) is 0.636. The second kappa shape index (κ2) is 12.3. The largest absolute Gasteiger partial charge is 0.391 e. The first-order valence-electron chi connectivity index (χ1n) is 10.6. The van der Waals surface area contributed by atoms with Crippen molar-refractivity contribution in [1.29, 1.82) is 0 Å². The minimum absolute atomic E-state index is 0.260. The van der Waals surface area contributed by atoms with Gasteiger partial charge >= 0.3 is 0 Å². The molecule has 7 heteroatoms. The third kappa shape index (κ3) is 7.41. The molecule has 0 amide bonds. The third-order valence-electron chi connectivity index (χ3n) is 5.01. The summed E-state index contributed by atoms with van der Waals surface area (Å²) < 4.78 is 2.25. The summed E-state index contributed by atoms with van der Waals surface area (Å²) in [6.45, 7) is 6.78. The molecule has 1 heterocycles. The first-order chi connectivity index (χ1) is 14.0. The summed E-state index contributed by atoms with van der Waals surface area (Å²) in [5.41, 5.74) is 1.26. The fourth-order valence-corrected chi connectivity index (χ4v) is 4.39. The van der Waals surface area contributed by atoms with Crippen LogP contribution in [0.15, 0.2) is 35.5 Å². The van der Waals surface area contributed by atoms with Crippen LogP contribution >= 0.6 is 11.8 Å². The molecule has 1 aromatic carbocycles. The number of thioether (sulfide) groups is 1. The van der Waals surface area contributed by atoms with Crippen molar-refractivity contribution in [2.75, 3.05) is 33.4 Å². The molecule has 1 N–H and O–H groups in total. The Kier molecular flexibility index (Phi) is 10.1. The molecule has 2 aromatic rings. The third-order valence-corrected chi connectivity index (χ3v) is 6.12. The van der Waals surface area contributed by atoms with Crippen molar-refractivity contribution in [3.63, 3.8) is 0 Å². The van der Waals surface area contributed by atoms with Crippen LogP contribution in [0.3, 0.4) is 0 Å². The van der Waals surface area contributed by atoms with Gasteiger partial charge in [0.1, 0.15) is 0 Å². The van der Waals surface area contributed by atoms with Crippen molar-refractivity contribution in [3.8, 4) is 0 Å². The van der Waals surface area contributed by atoms with Gasteiger partial charge in [-0.15, -0.1) is 10.2 Å². The average Bonchev–Trinajstić information content (AvgIpc) is 3.08. The minimum atomic E-state index is -0.413. The molecule has 162 valence electrons. The van der Waals surface area contributed by atoms with Gasteiger partial charge in [-0.1, -0.05) is 62.4 Å². The Morgan fingerprint density at radius 1 is 1.10 bits per heavy atom. The van der Waals surface area contributed by atoms with E-state index in [-0.39, 0.29) is 6.04 Å². The van der Waals surface area contributed by atoms with E-state index in [2.05, 4.69) is 64.6 Å². The average molecular weight is 420 g/mol. The molecule has 0 saturated carbocycles. The standard InChI is InChI=1S/C22H37N5OS/c1-6-8-14-27-21(20(7-2)25(3)4)23-24-22(27)29-17-19(28)16-26(5)15-18-12-10-9-11-13-18/h9-13,19-20,28H,6-8,14-17H2,1-5H3. The lowest BCUT2D eigenvalue weighted by Crippen LogP contribution is -2.30. The Balaban J connectivity index is 1.96. The van der Waals surface area contributed by atoms with Crippen LogP contribution < -0.4 is 0 Å². The first-order valence-corrected chi connectivity index (χ1v) is 11.6. The van der Waals surface area contributed by atoms with Gasteiger partial charge in [-0.25, -0.2) is 0 Å². The van der Waals surface area contributed by atoms with Crippen molar-refractivity contribution >= 4 is 11.8 Å². The van der Waals surface area contributed by atoms with Crippen LogP contribution in [-0.4, -0.2) is 69.2 Å². The molecule has 2 atom stereocenters. The Morgan fingerprint density at radius 3 is 2.45 bits per heavy atom. The number of hydrogen-bond acceptors (Lipinski definition) is 6. The zero-order chi connectivity index (χ0) is 21.2. The van der Waals surface area contributed by atoms with E-state index < -0.39 is 6.10 Å². The summed E-state index contributed by atoms with van der Waals surface area (Å²) in [4.78, 5) is 4.36. The van der Waals surface area contributed by atoms with E-state index in [0.29, 0.717) is 12.3 Å². The maximum Gasteiger partial charge on any atom is 0.191 e. The molecular weight excluding hydrogens is 382 g/mol. The van der Waals surface area contributed by atoms with E-state index in [1.807, 2.05) is 25.2 Å². The van der Waals surface area contributed by atoms with Gasteiger partial charge in [-0.3, -0.25) is 9.80 Å². The van der Waals surface area contributed by atoms with Crippen LogP contribution in [0.5, 0.6) is 0 Å². The molecule has 0 aliphatic heterocycles.